The molecule has 25 heavy (non-hydrogen) atoms. The summed E-state index contributed by atoms with van der Waals surface area (Å²) in [5.41, 5.74) is 1.55. The first-order valence-corrected chi connectivity index (χ1v) is 8.79. The Labute approximate surface area is 154 Å². The number of amides is 1. The summed E-state index contributed by atoms with van der Waals surface area (Å²) in [6.45, 7) is 1.79. The number of nitrogens with two attached hydrogens (primary N) is 1. The first kappa shape index (κ1) is 17.3. The minimum atomic E-state index is -0.384. The summed E-state index contributed by atoms with van der Waals surface area (Å²) in [6.07, 6.45) is 0. The van der Waals surface area contributed by atoms with Gasteiger partial charge in [0.15, 0.2) is 5.82 Å². The number of anilines is 1. The normalized spacial score (nSPS) is 11.9. The number of carbonyl (C=O) groups is 1. The van der Waals surface area contributed by atoms with E-state index in [1.165, 1.54) is 16.4 Å². The third-order valence-corrected chi connectivity index (χ3v) is 4.77. The van der Waals surface area contributed by atoms with Crippen LogP contribution in [-0.2, 0) is 4.79 Å². The van der Waals surface area contributed by atoms with Crippen LogP contribution in [0, 0.1) is 0 Å². The molecule has 1 amide bonds. The van der Waals surface area contributed by atoms with Crippen molar-refractivity contribution in [1.29, 1.82) is 0 Å². The smallest absolute Gasteiger partial charge is 0.237 e. The van der Waals surface area contributed by atoms with Crippen LogP contribution in [0.25, 0.3) is 11.4 Å². The molecule has 0 saturated heterocycles. The number of hydrogen-bond donors (Lipinski definition) is 2. The van der Waals surface area contributed by atoms with E-state index in [4.69, 9.17) is 17.4 Å². The average Bonchev–Trinajstić information content (AvgIpc) is 2.97. The quantitative estimate of drug-likeness (QED) is 0.528. The Bertz CT molecular complexity index is 867. The van der Waals surface area contributed by atoms with Crippen LogP contribution in [0.5, 0.6) is 0 Å². The molecule has 1 aromatic heterocycles. The van der Waals surface area contributed by atoms with Crippen LogP contribution in [-0.4, -0.2) is 26.0 Å². The molecule has 0 saturated carbocycles. The zero-order valence-electron chi connectivity index (χ0n) is 13.4. The molecule has 0 aliphatic rings. The van der Waals surface area contributed by atoms with Crippen molar-refractivity contribution >= 4 is 35.0 Å². The van der Waals surface area contributed by atoms with Crippen LogP contribution in [0.3, 0.4) is 0 Å². The van der Waals surface area contributed by atoms with E-state index in [0.717, 1.165) is 11.3 Å². The Morgan fingerprint density at radius 3 is 2.52 bits per heavy atom. The Morgan fingerprint density at radius 2 is 1.84 bits per heavy atom. The van der Waals surface area contributed by atoms with Crippen LogP contribution in [0.15, 0.2) is 59.8 Å². The van der Waals surface area contributed by atoms with Crippen molar-refractivity contribution in [3.05, 3.63) is 59.6 Å². The van der Waals surface area contributed by atoms with Gasteiger partial charge in [-0.3, -0.25) is 4.79 Å². The van der Waals surface area contributed by atoms with Gasteiger partial charge >= 0.3 is 0 Å². The fourth-order valence-electron chi connectivity index (χ4n) is 2.13. The van der Waals surface area contributed by atoms with Crippen molar-refractivity contribution in [2.45, 2.75) is 17.3 Å². The predicted molar refractivity (Wildman–Crippen MR) is 101 cm³/mol. The second kappa shape index (κ2) is 7.58. The molecule has 3 N–H and O–H groups in total. The largest absolute Gasteiger partial charge is 0.335 e. The number of halogens is 1. The lowest BCUT2D eigenvalue weighted by atomic mass is 10.2. The summed E-state index contributed by atoms with van der Waals surface area (Å²) in [6, 6.07) is 16.4. The molecule has 1 heterocycles. The topological polar surface area (TPSA) is 85.8 Å². The Hall–Kier alpha value is -2.51. The van der Waals surface area contributed by atoms with E-state index in [9.17, 15) is 4.79 Å². The fourth-order valence-corrected chi connectivity index (χ4v) is 3.03. The van der Waals surface area contributed by atoms with Crippen molar-refractivity contribution in [1.82, 2.24) is 14.9 Å². The van der Waals surface area contributed by atoms with Gasteiger partial charge in [0.25, 0.3) is 0 Å². The molecule has 1 atom stereocenters. The highest BCUT2D eigenvalue weighted by Gasteiger charge is 2.20. The number of para-hydroxylation sites is 1. The SMILES string of the molecule is C[C@@H](Sc1nnc(-c2ccc(Cl)cc2)n1N)C(=O)Nc1ccccc1. The molecule has 3 rings (SSSR count). The van der Waals surface area contributed by atoms with Gasteiger partial charge in [0.05, 0.1) is 5.25 Å². The van der Waals surface area contributed by atoms with Crippen LogP contribution < -0.4 is 11.2 Å². The molecule has 0 spiro atoms. The van der Waals surface area contributed by atoms with E-state index >= 15 is 0 Å². The summed E-state index contributed by atoms with van der Waals surface area (Å²) in [5.74, 6) is 6.46. The second-order valence-corrected chi connectivity index (χ2v) is 7.04. The summed E-state index contributed by atoms with van der Waals surface area (Å²) >= 11 is 7.13. The molecule has 128 valence electrons. The molecular formula is C17H16ClN5OS. The first-order chi connectivity index (χ1) is 12.0. The van der Waals surface area contributed by atoms with E-state index in [-0.39, 0.29) is 11.2 Å². The summed E-state index contributed by atoms with van der Waals surface area (Å²) < 4.78 is 1.38. The highest BCUT2D eigenvalue weighted by molar-refractivity contribution is 8.00. The third kappa shape index (κ3) is 4.12. The molecule has 0 aliphatic heterocycles. The van der Waals surface area contributed by atoms with Gasteiger partial charge in [-0.15, -0.1) is 10.2 Å². The summed E-state index contributed by atoms with van der Waals surface area (Å²) in [5, 5.41) is 11.7. The number of thioether (sulfide) groups is 1. The number of nitrogen functional groups attached to an aromatic ring is 1. The molecule has 0 radical (unpaired) electrons. The van der Waals surface area contributed by atoms with Gasteiger partial charge in [-0.1, -0.05) is 41.6 Å². The Morgan fingerprint density at radius 1 is 1.16 bits per heavy atom. The van der Waals surface area contributed by atoms with Gasteiger partial charge in [-0.2, -0.15) is 0 Å². The molecule has 0 unspecified atom stereocenters. The molecule has 6 nitrogen and oxygen atoms in total. The van der Waals surface area contributed by atoms with Gasteiger partial charge in [-0.05, 0) is 43.3 Å². The van der Waals surface area contributed by atoms with E-state index < -0.39 is 0 Å². The van der Waals surface area contributed by atoms with Gasteiger partial charge in [0, 0.05) is 16.3 Å². The number of aromatic nitrogens is 3. The Balaban J connectivity index is 1.70. The zero-order valence-corrected chi connectivity index (χ0v) is 15.0. The molecule has 0 bridgehead atoms. The van der Waals surface area contributed by atoms with Crippen molar-refractivity contribution in [3.8, 4) is 11.4 Å². The predicted octanol–water partition coefficient (Wildman–Crippen LogP) is 3.43. The van der Waals surface area contributed by atoms with Gasteiger partial charge in [-0.25, -0.2) is 4.68 Å². The van der Waals surface area contributed by atoms with Crippen LogP contribution in [0.1, 0.15) is 6.92 Å². The monoisotopic (exact) mass is 373 g/mol. The Kier molecular flexibility index (Phi) is 5.25. The number of carbonyl (C=O) groups excluding carboxylic acids is 1. The first-order valence-electron chi connectivity index (χ1n) is 7.53. The number of nitrogens with one attached hydrogen (secondary N) is 1. The van der Waals surface area contributed by atoms with Crippen LogP contribution in [0.4, 0.5) is 5.69 Å². The van der Waals surface area contributed by atoms with E-state index in [1.54, 1.807) is 19.1 Å². The van der Waals surface area contributed by atoms with Crippen molar-refractivity contribution in [2.75, 3.05) is 11.2 Å². The summed E-state index contributed by atoms with van der Waals surface area (Å²) in [4.78, 5) is 12.3. The molecule has 8 heteroatoms. The highest BCUT2D eigenvalue weighted by atomic mass is 35.5. The maximum atomic E-state index is 12.3. The van der Waals surface area contributed by atoms with Gasteiger partial charge in [0.1, 0.15) is 0 Å². The highest BCUT2D eigenvalue weighted by Crippen LogP contribution is 2.26. The average molecular weight is 374 g/mol. The number of rotatable bonds is 5. The lowest BCUT2D eigenvalue weighted by molar-refractivity contribution is -0.115. The van der Waals surface area contributed by atoms with Gasteiger partial charge in [0.2, 0.25) is 11.1 Å². The van der Waals surface area contributed by atoms with E-state index in [1.807, 2.05) is 42.5 Å². The van der Waals surface area contributed by atoms with Crippen molar-refractivity contribution in [3.63, 3.8) is 0 Å². The van der Waals surface area contributed by atoms with E-state index in [0.29, 0.717) is 16.0 Å². The molecule has 0 aliphatic carbocycles. The van der Waals surface area contributed by atoms with Crippen molar-refractivity contribution in [2.24, 2.45) is 0 Å². The standard InChI is InChI=1S/C17H16ClN5OS/c1-11(16(24)20-14-5-3-2-4-6-14)25-17-22-21-15(23(17)19)12-7-9-13(18)10-8-12/h2-11H,19H2,1H3,(H,20,24)/t11-/m1/s1. The number of nitrogens with zero attached hydrogens (tertiary/aromatic N) is 3. The molecule has 3 aromatic rings. The molecular weight excluding hydrogens is 358 g/mol. The zero-order chi connectivity index (χ0) is 17.8. The lowest BCUT2D eigenvalue weighted by Crippen LogP contribution is -2.23. The summed E-state index contributed by atoms with van der Waals surface area (Å²) in [7, 11) is 0. The third-order valence-electron chi connectivity index (χ3n) is 3.46. The minimum Gasteiger partial charge on any atom is -0.335 e. The number of hydrogen-bond acceptors (Lipinski definition) is 5. The van der Waals surface area contributed by atoms with Crippen LogP contribution in [0.2, 0.25) is 5.02 Å². The fraction of sp³-hybridized carbons (Fsp3) is 0.118. The van der Waals surface area contributed by atoms with Crippen molar-refractivity contribution < 1.29 is 4.79 Å². The minimum absolute atomic E-state index is 0.132. The second-order valence-electron chi connectivity index (χ2n) is 5.30. The lowest BCUT2D eigenvalue weighted by Gasteiger charge is -2.11. The van der Waals surface area contributed by atoms with Crippen LogP contribution >= 0.6 is 23.4 Å². The number of benzene rings is 2. The maximum absolute atomic E-state index is 12.3. The molecule has 2 aromatic carbocycles. The van der Waals surface area contributed by atoms with E-state index in [2.05, 4.69) is 15.5 Å². The molecule has 0 fully saturated rings. The van der Waals surface area contributed by atoms with Gasteiger partial charge < -0.3 is 11.2 Å². The maximum Gasteiger partial charge on any atom is 0.237 e.